The minimum absolute atomic E-state index is 0.0627. The van der Waals surface area contributed by atoms with Crippen molar-refractivity contribution in [3.63, 3.8) is 0 Å². The van der Waals surface area contributed by atoms with E-state index in [2.05, 4.69) is 29.6 Å². The Bertz CT molecular complexity index is 598. The summed E-state index contributed by atoms with van der Waals surface area (Å²) in [5.74, 6) is 0. The number of hydrogen-bond donors (Lipinski definition) is 1. The van der Waals surface area contributed by atoms with Gasteiger partial charge in [-0.15, -0.1) is 0 Å². The van der Waals surface area contributed by atoms with Crippen molar-refractivity contribution in [3.05, 3.63) is 71.8 Å². The number of methoxy groups -OCH3 is 1. The molecule has 0 saturated heterocycles. The second-order valence-electron chi connectivity index (χ2n) is 4.63. The number of alkyl carbamates (subject to hydrolysis) is 1. The van der Waals surface area contributed by atoms with E-state index in [0.717, 1.165) is 22.3 Å². The third-order valence-electron chi connectivity index (χ3n) is 3.40. The number of rotatable bonds is 3. The molecule has 1 N–H and O–H groups in total. The molecule has 0 bridgehead atoms. The lowest BCUT2D eigenvalue weighted by molar-refractivity contribution is 0.171. The maximum absolute atomic E-state index is 11.5. The Hall–Kier alpha value is -2.55. The van der Waals surface area contributed by atoms with Gasteiger partial charge in [0.05, 0.1) is 13.2 Å². The molecule has 1 aliphatic rings. The van der Waals surface area contributed by atoms with E-state index in [9.17, 15) is 4.79 Å². The molecule has 1 aliphatic carbocycles. The summed E-state index contributed by atoms with van der Waals surface area (Å²) in [6, 6.07) is 20.1. The molecule has 0 atom stereocenters. The van der Waals surface area contributed by atoms with Crippen LogP contribution in [0.4, 0.5) is 4.79 Å². The summed E-state index contributed by atoms with van der Waals surface area (Å²) in [5.41, 5.74) is 4.57. The van der Waals surface area contributed by atoms with Gasteiger partial charge < -0.3 is 10.1 Å². The zero-order chi connectivity index (χ0) is 13.9. The minimum atomic E-state index is -0.408. The second kappa shape index (κ2) is 5.21. The molecule has 2 aromatic carbocycles. The molecule has 0 unspecified atom stereocenters. The number of benzene rings is 2. The molecule has 100 valence electrons. The number of nitrogens with one attached hydrogen (secondary N) is 1. The van der Waals surface area contributed by atoms with Crippen molar-refractivity contribution >= 4 is 17.2 Å². The zero-order valence-corrected chi connectivity index (χ0v) is 11.2. The molecule has 0 spiro atoms. The Morgan fingerprint density at radius 1 is 0.900 bits per heavy atom. The third kappa shape index (κ3) is 2.30. The van der Waals surface area contributed by atoms with Crippen molar-refractivity contribution < 1.29 is 9.53 Å². The number of amides is 1. The van der Waals surface area contributed by atoms with Crippen LogP contribution in [0.15, 0.2) is 60.7 Å². The van der Waals surface area contributed by atoms with Gasteiger partial charge in [-0.1, -0.05) is 60.7 Å². The summed E-state index contributed by atoms with van der Waals surface area (Å²) in [4.78, 5) is 11.5. The first-order chi connectivity index (χ1) is 9.81. The first-order valence-electron chi connectivity index (χ1n) is 6.50. The lowest BCUT2D eigenvalue weighted by Gasteiger charge is -2.04. The predicted octanol–water partition coefficient (Wildman–Crippen LogP) is 3.34. The molecule has 0 saturated carbocycles. The van der Waals surface area contributed by atoms with Gasteiger partial charge in [-0.25, -0.2) is 4.79 Å². The van der Waals surface area contributed by atoms with Gasteiger partial charge in [0.1, 0.15) is 0 Å². The molecule has 0 aliphatic heterocycles. The largest absolute Gasteiger partial charge is 0.453 e. The van der Waals surface area contributed by atoms with Gasteiger partial charge in [0.2, 0.25) is 0 Å². The molecule has 0 heterocycles. The molecule has 1 amide bonds. The van der Waals surface area contributed by atoms with E-state index in [1.165, 1.54) is 7.11 Å². The van der Waals surface area contributed by atoms with Gasteiger partial charge >= 0.3 is 6.09 Å². The van der Waals surface area contributed by atoms with E-state index in [0.29, 0.717) is 0 Å². The summed E-state index contributed by atoms with van der Waals surface area (Å²) in [5, 5.41) is 2.87. The second-order valence-corrected chi connectivity index (χ2v) is 4.63. The fraction of sp³-hybridized carbons (Fsp3) is 0.118. The number of carbonyl (C=O) groups excluding carboxylic acids is 1. The first-order valence-corrected chi connectivity index (χ1v) is 6.50. The van der Waals surface area contributed by atoms with E-state index in [-0.39, 0.29) is 6.04 Å². The molecular weight excluding hydrogens is 250 g/mol. The maximum atomic E-state index is 11.5. The van der Waals surface area contributed by atoms with E-state index in [1.54, 1.807) is 0 Å². The van der Waals surface area contributed by atoms with Gasteiger partial charge in [-0.3, -0.25) is 0 Å². The van der Waals surface area contributed by atoms with E-state index >= 15 is 0 Å². The highest BCUT2D eigenvalue weighted by Crippen LogP contribution is 2.47. The average Bonchev–Trinajstić information content (AvgIpc) is 3.22. The number of hydrogen-bond acceptors (Lipinski definition) is 2. The fourth-order valence-electron chi connectivity index (χ4n) is 2.42. The molecule has 3 rings (SSSR count). The molecule has 0 aromatic heterocycles. The minimum Gasteiger partial charge on any atom is -0.453 e. The summed E-state index contributed by atoms with van der Waals surface area (Å²) < 4.78 is 4.69. The molecule has 20 heavy (non-hydrogen) atoms. The monoisotopic (exact) mass is 265 g/mol. The normalized spacial score (nSPS) is 14.1. The third-order valence-corrected chi connectivity index (χ3v) is 3.40. The average molecular weight is 265 g/mol. The molecular formula is C17H15NO2. The number of carbonyl (C=O) groups is 1. The Labute approximate surface area is 117 Å². The number of ether oxygens (including phenoxy) is 1. The topological polar surface area (TPSA) is 38.3 Å². The highest BCUT2D eigenvalue weighted by molar-refractivity contribution is 6.15. The van der Waals surface area contributed by atoms with Crippen molar-refractivity contribution in [2.24, 2.45) is 0 Å². The quantitative estimate of drug-likeness (QED) is 0.924. The van der Waals surface area contributed by atoms with Gasteiger partial charge in [-0.2, -0.15) is 0 Å². The van der Waals surface area contributed by atoms with Crippen molar-refractivity contribution in [2.75, 3.05) is 7.11 Å². The van der Waals surface area contributed by atoms with Crippen LogP contribution < -0.4 is 5.32 Å². The molecule has 0 fully saturated rings. The van der Waals surface area contributed by atoms with Crippen LogP contribution >= 0.6 is 0 Å². The zero-order valence-electron chi connectivity index (χ0n) is 11.2. The molecule has 3 nitrogen and oxygen atoms in total. The van der Waals surface area contributed by atoms with Crippen molar-refractivity contribution in [3.8, 4) is 0 Å². The highest BCUT2D eigenvalue weighted by atomic mass is 16.5. The summed E-state index contributed by atoms with van der Waals surface area (Å²) in [7, 11) is 1.38. The highest BCUT2D eigenvalue weighted by Gasteiger charge is 2.39. The Morgan fingerprint density at radius 2 is 1.35 bits per heavy atom. The van der Waals surface area contributed by atoms with Crippen molar-refractivity contribution in [1.29, 1.82) is 0 Å². The molecule has 3 heteroatoms. The van der Waals surface area contributed by atoms with E-state index < -0.39 is 6.09 Å². The first kappa shape index (κ1) is 12.5. The Morgan fingerprint density at radius 3 is 1.75 bits per heavy atom. The summed E-state index contributed by atoms with van der Waals surface area (Å²) in [6.45, 7) is 0. The van der Waals surface area contributed by atoms with Crippen LogP contribution in [0.3, 0.4) is 0 Å². The maximum Gasteiger partial charge on any atom is 0.407 e. The summed E-state index contributed by atoms with van der Waals surface area (Å²) in [6.07, 6.45) is -0.408. The Balaban J connectivity index is 1.93. The van der Waals surface area contributed by atoms with Crippen LogP contribution in [-0.2, 0) is 4.74 Å². The van der Waals surface area contributed by atoms with E-state index in [4.69, 9.17) is 4.74 Å². The molecule has 2 aromatic rings. The van der Waals surface area contributed by atoms with Crippen LogP contribution in [0.5, 0.6) is 0 Å². The summed E-state index contributed by atoms with van der Waals surface area (Å²) >= 11 is 0. The van der Waals surface area contributed by atoms with Gasteiger partial charge in [0.15, 0.2) is 0 Å². The van der Waals surface area contributed by atoms with Gasteiger partial charge in [-0.05, 0) is 22.3 Å². The van der Waals surface area contributed by atoms with Gasteiger partial charge in [0, 0.05) is 0 Å². The van der Waals surface area contributed by atoms with E-state index in [1.807, 2.05) is 36.4 Å². The predicted molar refractivity (Wildman–Crippen MR) is 79.0 cm³/mol. The SMILES string of the molecule is COC(=O)NC1C(c2ccccc2)=C1c1ccccc1. The lowest BCUT2D eigenvalue weighted by atomic mass is 10.1. The van der Waals surface area contributed by atoms with Crippen molar-refractivity contribution in [1.82, 2.24) is 5.32 Å². The van der Waals surface area contributed by atoms with Crippen molar-refractivity contribution in [2.45, 2.75) is 6.04 Å². The smallest absolute Gasteiger partial charge is 0.407 e. The van der Waals surface area contributed by atoms with Crippen LogP contribution in [-0.4, -0.2) is 19.2 Å². The molecule has 0 radical (unpaired) electrons. The lowest BCUT2D eigenvalue weighted by Crippen LogP contribution is -2.27. The van der Waals surface area contributed by atoms with Crippen LogP contribution in [0, 0.1) is 0 Å². The van der Waals surface area contributed by atoms with Crippen LogP contribution in [0.1, 0.15) is 11.1 Å². The Kier molecular flexibility index (Phi) is 3.25. The van der Waals surface area contributed by atoms with Crippen LogP contribution in [0.2, 0.25) is 0 Å². The van der Waals surface area contributed by atoms with Crippen LogP contribution in [0.25, 0.3) is 11.1 Å². The van der Waals surface area contributed by atoms with Gasteiger partial charge in [0.25, 0.3) is 0 Å². The standard InChI is InChI=1S/C17H15NO2/c1-20-17(19)18-16-14(12-8-4-2-5-9-12)15(16)13-10-6-3-7-11-13/h2-11,16H,1H3,(H,18,19). The fourth-order valence-corrected chi connectivity index (χ4v) is 2.42.